The highest BCUT2D eigenvalue weighted by Gasteiger charge is 2.16. The van der Waals surface area contributed by atoms with E-state index < -0.39 is 5.91 Å². The van der Waals surface area contributed by atoms with Crippen molar-refractivity contribution in [3.63, 3.8) is 0 Å². The molecule has 170 valence electrons. The Kier molecular flexibility index (Phi) is 8.16. The van der Waals surface area contributed by atoms with Crippen molar-refractivity contribution in [2.75, 3.05) is 12.4 Å². The van der Waals surface area contributed by atoms with Gasteiger partial charge in [-0.2, -0.15) is 10.5 Å². The molecule has 0 aromatic heterocycles. The zero-order chi connectivity index (χ0) is 24.7. The number of nitrogens with one attached hydrogen (secondary N) is 1. The largest absolute Gasteiger partial charge is 0.493 e. The predicted octanol–water partition coefficient (Wildman–Crippen LogP) is 6.31. The second kappa shape index (κ2) is 11.2. The van der Waals surface area contributed by atoms with Crippen LogP contribution in [0.25, 0.3) is 6.08 Å². The van der Waals surface area contributed by atoms with E-state index in [1.807, 2.05) is 12.1 Å². The highest BCUT2D eigenvalue weighted by molar-refractivity contribution is 6.32. The first-order valence-electron chi connectivity index (χ1n) is 10.0. The van der Waals surface area contributed by atoms with Crippen molar-refractivity contribution >= 4 is 40.9 Å². The molecular formula is C26H19Cl2N3O3. The number of rotatable bonds is 7. The third-order valence-electron chi connectivity index (χ3n) is 4.95. The predicted molar refractivity (Wildman–Crippen MR) is 132 cm³/mol. The van der Waals surface area contributed by atoms with Gasteiger partial charge in [0, 0.05) is 16.3 Å². The Morgan fingerprint density at radius 1 is 1.09 bits per heavy atom. The normalized spacial score (nSPS) is 10.7. The number of carbonyl (C=O) groups is 1. The van der Waals surface area contributed by atoms with Gasteiger partial charge in [0.05, 0.1) is 23.8 Å². The lowest BCUT2D eigenvalue weighted by molar-refractivity contribution is -0.112. The molecule has 0 atom stereocenters. The molecule has 3 aromatic rings. The van der Waals surface area contributed by atoms with E-state index in [1.165, 1.54) is 13.2 Å². The first-order chi connectivity index (χ1) is 16.4. The van der Waals surface area contributed by atoms with Crippen LogP contribution in [0.3, 0.4) is 0 Å². The van der Waals surface area contributed by atoms with Crippen molar-refractivity contribution in [2.45, 2.75) is 13.5 Å². The van der Waals surface area contributed by atoms with Crippen LogP contribution in [0, 0.1) is 29.6 Å². The molecule has 0 spiro atoms. The van der Waals surface area contributed by atoms with Crippen LogP contribution in [0.4, 0.5) is 5.69 Å². The van der Waals surface area contributed by atoms with Gasteiger partial charge < -0.3 is 14.8 Å². The van der Waals surface area contributed by atoms with Gasteiger partial charge in [0.15, 0.2) is 11.5 Å². The fourth-order valence-electron chi connectivity index (χ4n) is 3.12. The summed E-state index contributed by atoms with van der Waals surface area (Å²) >= 11 is 12.5. The van der Waals surface area contributed by atoms with Crippen LogP contribution in [0.5, 0.6) is 11.5 Å². The van der Waals surface area contributed by atoms with Gasteiger partial charge in [0.1, 0.15) is 18.2 Å². The minimum absolute atomic E-state index is 0.111. The second-order valence-corrected chi connectivity index (χ2v) is 7.94. The molecule has 0 heterocycles. The van der Waals surface area contributed by atoms with Gasteiger partial charge in [-0.25, -0.2) is 0 Å². The Morgan fingerprint density at radius 3 is 2.56 bits per heavy atom. The summed E-state index contributed by atoms with van der Waals surface area (Å²) in [5.74, 6) is 0.0135. The van der Waals surface area contributed by atoms with Crippen molar-refractivity contribution in [3.05, 3.63) is 92.5 Å². The third-order valence-corrected chi connectivity index (χ3v) is 5.64. The maximum absolute atomic E-state index is 12.7. The van der Waals surface area contributed by atoms with E-state index in [-0.39, 0.29) is 23.0 Å². The summed E-state index contributed by atoms with van der Waals surface area (Å²) in [4.78, 5) is 12.7. The van der Waals surface area contributed by atoms with Crippen LogP contribution >= 0.6 is 23.2 Å². The number of ether oxygens (including phenoxy) is 2. The number of halogens is 2. The molecule has 0 unspecified atom stereocenters. The molecule has 0 saturated carbocycles. The molecule has 0 aliphatic heterocycles. The highest BCUT2D eigenvalue weighted by Crippen LogP contribution is 2.37. The van der Waals surface area contributed by atoms with Crippen LogP contribution in [0.1, 0.15) is 22.3 Å². The van der Waals surface area contributed by atoms with Crippen LogP contribution in [-0.2, 0) is 11.4 Å². The lowest BCUT2D eigenvalue weighted by atomic mass is 10.1. The van der Waals surface area contributed by atoms with Crippen molar-refractivity contribution in [3.8, 4) is 23.6 Å². The number of nitriles is 2. The first-order valence-corrected chi connectivity index (χ1v) is 10.8. The Bertz CT molecular complexity index is 1350. The number of hydrogen-bond donors (Lipinski definition) is 1. The molecule has 8 heteroatoms. The Balaban J connectivity index is 1.86. The smallest absolute Gasteiger partial charge is 0.266 e. The van der Waals surface area contributed by atoms with Crippen LogP contribution in [-0.4, -0.2) is 13.0 Å². The molecule has 0 radical (unpaired) electrons. The molecule has 1 amide bonds. The van der Waals surface area contributed by atoms with Gasteiger partial charge in [-0.3, -0.25) is 4.79 Å². The maximum atomic E-state index is 12.7. The standard InChI is InChI=1S/C26H19Cl2N3O3/c1-16-21(27)8-5-9-23(16)31-26(32)20(14-30)10-17-11-22(28)25(24(12-17)33-2)34-15-19-7-4-3-6-18(19)13-29/h3-12H,15H2,1-2H3,(H,31,32)/b20-10-. The van der Waals surface area contributed by atoms with E-state index in [0.717, 1.165) is 0 Å². The monoisotopic (exact) mass is 491 g/mol. The lowest BCUT2D eigenvalue weighted by Gasteiger charge is -2.14. The number of carbonyl (C=O) groups excluding carboxylic acids is 1. The molecule has 34 heavy (non-hydrogen) atoms. The van der Waals surface area contributed by atoms with Gasteiger partial charge in [0.2, 0.25) is 0 Å². The number of anilines is 1. The van der Waals surface area contributed by atoms with Crippen molar-refractivity contribution in [1.82, 2.24) is 0 Å². The molecule has 1 N–H and O–H groups in total. The average Bonchev–Trinajstić information content (AvgIpc) is 2.84. The minimum atomic E-state index is -0.587. The molecular weight excluding hydrogens is 473 g/mol. The Morgan fingerprint density at radius 2 is 1.85 bits per heavy atom. The topological polar surface area (TPSA) is 95.1 Å². The van der Waals surface area contributed by atoms with E-state index in [1.54, 1.807) is 55.5 Å². The SMILES string of the molecule is COc1cc(/C=C(/C#N)C(=O)Nc2cccc(Cl)c2C)cc(Cl)c1OCc1ccccc1C#N. The van der Waals surface area contributed by atoms with Gasteiger partial charge in [-0.15, -0.1) is 0 Å². The van der Waals surface area contributed by atoms with Crippen molar-refractivity contribution in [2.24, 2.45) is 0 Å². The average molecular weight is 492 g/mol. The number of hydrogen-bond acceptors (Lipinski definition) is 5. The van der Waals surface area contributed by atoms with Crippen LogP contribution in [0.15, 0.2) is 60.2 Å². The van der Waals surface area contributed by atoms with Gasteiger partial charge in [-0.1, -0.05) is 47.5 Å². The highest BCUT2D eigenvalue weighted by atomic mass is 35.5. The zero-order valence-electron chi connectivity index (χ0n) is 18.4. The Labute approximate surface area is 207 Å². The Hall–Kier alpha value is -3.97. The molecule has 6 nitrogen and oxygen atoms in total. The van der Waals surface area contributed by atoms with Gasteiger partial charge >= 0.3 is 0 Å². The number of nitrogens with zero attached hydrogens (tertiary/aromatic N) is 2. The number of amides is 1. The molecule has 3 aromatic carbocycles. The van der Waals surface area contributed by atoms with Gasteiger partial charge in [-0.05, 0) is 54.5 Å². The van der Waals surface area contributed by atoms with Crippen molar-refractivity contribution in [1.29, 1.82) is 10.5 Å². The van der Waals surface area contributed by atoms with E-state index in [9.17, 15) is 15.3 Å². The lowest BCUT2D eigenvalue weighted by Crippen LogP contribution is -2.14. The molecule has 0 bridgehead atoms. The molecule has 3 rings (SSSR count). The quantitative estimate of drug-likeness (QED) is 0.308. The fourth-order valence-corrected chi connectivity index (χ4v) is 3.56. The van der Waals surface area contributed by atoms with E-state index in [2.05, 4.69) is 11.4 Å². The minimum Gasteiger partial charge on any atom is -0.493 e. The van der Waals surface area contributed by atoms with E-state index in [0.29, 0.717) is 38.7 Å². The fraction of sp³-hybridized carbons (Fsp3) is 0.115. The summed E-state index contributed by atoms with van der Waals surface area (Å²) in [5.41, 5.74) is 2.74. The summed E-state index contributed by atoms with van der Waals surface area (Å²) in [6.07, 6.45) is 1.40. The van der Waals surface area contributed by atoms with Crippen LogP contribution < -0.4 is 14.8 Å². The van der Waals surface area contributed by atoms with E-state index in [4.69, 9.17) is 32.7 Å². The van der Waals surface area contributed by atoms with Crippen LogP contribution in [0.2, 0.25) is 10.0 Å². The molecule has 0 aliphatic rings. The zero-order valence-corrected chi connectivity index (χ0v) is 19.9. The number of methoxy groups -OCH3 is 1. The van der Waals surface area contributed by atoms with Crippen molar-refractivity contribution < 1.29 is 14.3 Å². The summed E-state index contributed by atoms with van der Waals surface area (Å²) in [7, 11) is 1.45. The van der Waals surface area contributed by atoms with Gasteiger partial charge in [0.25, 0.3) is 5.91 Å². The summed E-state index contributed by atoms with van der Waals surface area (Å²) in [6.45, 7) is 1.88. The third kappa shape index (κ3) is 5.68. The summed E-state index contributed by atoms with van der Waals surface area (Å²) < 4.78 is 11.2. The first kappa shape index (κ1) is 24.7. The summed E-state index contributed by atoms with van der Waals surface area (Å²) in [5, 5.41) is 22.2. The maximum Gasteiger partial charge on any atom is 0.266 e. The number of benzene rings is 3. The molecule has 0 fully saturated rings. The second-order valence-electron chi connectivity index (χ2n) is 7.13. The molecule has 0 aliphatic carbocycles. The molecule has 0 saturated heterocycles. The summed E-state index contributed by atoms with van der Waals surface area (Å²) in [6, 6.07) is 19.4. The van der Waals surface area contributed by atoms with E-state index >= 15 is 0 Å².